The van der Waals surface area contributed by atoms with Crippen LogP contribution in [0, 0.1) is 0 Å². The van der Waals surface area contributed by atoms with Crippen molar-refractivity contribution in [3.05, 3.63) is 66.2 Å². The van der Waals surface area contributed by atoms with E-state index in [9.17, 15) is 5.11 Å². The highest BCUT2D eigenvalue weighted by Gasteiger charge is 2.08. The van der Waals surface area contributed by atoms with E-state index in [0.717, 1.165) is 18.6 Å². The molecule has 0 aromatic heterocycles. The number of aryl methyl sites for hydroxylation is 1. The maximum atomic E-state index is 9.96. The number of hydrogen-bond acceptors (Lipinski definition) is 3. The number of aliphatic hydroxyl groups is 1. The van der Waals surface area contributed by atoms with Crippen LogP contribution in [0.3, 0.4) is 0 Å². The highest BCUT2D eigenvalue weighted by molar-refractivity contribution is 5.20. The Kier molecular flexibility index (Phi) is 6.94. The van der Waals surface area contributed by atoms with E-state index in [1.165, 1.54) is 5.56 Å². The van der Waals surface area contributed by atoms with E-state index in [1.807, 2.05) is 36.4 Å². The fourth-order valence-corrected chi connectivity index (χ4v) is 2.24. The first-order chi connectivity index (χ1) is 10.7. The Morgan fingerprint density at radius 2 is 1.64 bits per heavy atom. The van der Waals surface area contributed by atoms with Gasteiger partial charge < -0.3 is 15.2 Å². The predicted octanol–water partition coefficient (Wildman–Crippen LogP) is 3.04. The lowest BCUT2D eigenvalue weighted by atomic mass is 10.1. The molecular formula is C19H25NO2. The minimum absolute atomic E-state index is 0.308. The van der Waals surface area contributed by atoms with Gasteiger partial charge in [-0.2, -0.15) is 0 Å². The van der Waals surface area contributed by atoms with E-state index >= 15 is 0 Å². The van der Waals surface area contributed by atoms with Gasteiger partial charge in [-0.1, -0.05) is 48.5 Å². The number of nitrogens with one attached hydrogen (secondary N) is 1. The van der Waals surface area contributed by atoms with Crippen molar-refractivity contribution in [1.82, 2.24) is 5.32 Å². The van der Waals surface area contributed by atoms with Crippen LogP contribution in [0.1, 0.15) is 18.9 Å². The molecule has 3 heteroatoms. The molecule has 0 radical (unpaired) electrons. The molecule has 0 fully saturated rings. The van der Waals surface area contributed by atoms with Crippen molar-refractivity contribution in [3.8, 4) is 5.75 Å². The van der Waals surface area contributed by atoms with E-state index in [-0.39, 0.29) is 0 Å². The molecule has 2 rings (SSSR count). The summed E-state index contributed by atoms with van der Waals surface area (Å²) in [6.07, 6.45) is 1.60. The molecule has 0 aliphatic heterocycles. The molecule has 2 aromatic rings. The molecule has 0 saturated heterocycles. The average Bonchev–Trinajstić information content (AvgIpc) is 2.58. The summed E-state index contributed by atoms with van der Waals surface area (Å²) in [6, 6.07) is 20.4. The van der Waals surface area contributed by atoms with Crippen molar-refractivity contribution in [1.29, 1.82) is 0 Å². The molecule has 0 aliphatic rings. The molecule has 0 saturated carbocycles. The number of rotatable bonds is 9. The lowest BCUT2D eigenvalue weighted by molar-refractivity contribution is 0.104. The van der Waals surface area contributed by atoms with Crippen LogP contribution in [-0.2, 0) is 6.42 Å². The molecule has 2 N–H and O–H groups in total. The lowest BCUT2D eigenvalue weighted by Gasteiger charge is -2.17. The van der Waals surface area contributed by atoms with E-state index in [2.05, 4.69) is 36.5 Å². The third kappa shape index (κ3) is 6.29. The molecule has 0 spiro atoms. The van der Waals surface area contributed by atoms with Crippen LogP contribution in [-0.4, -0.2) is 30.4 Å². The van der Waals surface area contributed by atoms with Crippen LogP contribution in [0.15, 0.2) is 60.7 Å². The summed E-state index contributed by atoms with van der Waals surface area (Å²) >= 11 is 0. The maximum Gasteiger partial charge on any atom is 0.119 e. The minimum atomic E-state index is -0.501. The zero-order chi connectivity index (χ0) is 15.6. The predicted molar refractivity (Wildman–Crippen MR) is 90.2 cm³/mol. The second-order valence-electron chi connectivity index (χ2n) is 5.61. The molecule has 0 aliphatic carbocycles. The molecule has 22 heavy (non-hydrogen) atoms. The summed E-state index contributed by atoms with van der Waals surface area (Å²) in [5.41, 5.74) is 1.35. The molecular weight excluding hydrogens is 274 g/mol. The van der Waals surface area contributed by atoms with Crippen molar-refractivity contribution in [2.24, 2.45) is 0 Å². The summed E-state index contributed by atoms with van der Waals surface area (Å²) in [5, 5.41) is 13.3. The zero-order valence-electron chi connectivity index (χ0n) is 13.1. The van der Waals surface area contributed by atoms with Crippen molar-refractivity contribution in [2.45, 2.75) is 31.9 Å². The number of benzene rings is 2. The van der Waals surface area contributed by atoms with E-state index in [4.69, 9.17) is 4.74 Å². The number of hydrogen-bond donors (Lipinski definition) is 2. The third-order valence-electron chi connectivity index (χ3n) is 3.60. The lowest BCUT2D eigenvalue weighted by Crippen LogP contribution is -2.36. The first kappa shape index (κ1) is 16.5. The highest BCUT2D eigenvalue weighted by atomic mass is 16.5. The van der Waals surface area contributed by atoms with Crippen LogP contribution >= 0.6 is 0 Å². The van der Waals surface area contributed by atoms with Gasteiger partial charge in [-0.25, -0.2) is 0 Å². The van der Waals surface area contributed by atoms with Crippen molar-refractivity contribution < 1.29 is 9.84 Å². The molecule has 0 amide bonds. The Morgan fingerprint density at radius 1 is 1.00 bits per heavy atom. The van der Waals surface area contributed by atoms with Crippen LogP contribution in [0.25, 0.3) is 0 Å². The number of para-hydroxylation sites is 1. The maximum absolute atomic E-state index is 9.96. The Morgan fingerprint density at radius 3 is 2.32 bits per heavy atom. The van der Waals surface area contributed by atoms with Gasteiger partial charge in [0.2, 0.25) is 0 Å². The van der Waals surface area contributed by atoms with Gasteiger partial charge in [0.15, 0.2) is 0 Å². The topological polar surface area (TPSA) is 41.5 Å². The molecule has 3 nitrogen and oxygen atoms in total. The fourth-order valence-electron chi connectivity index (χ4n) is 2.24. The minimum Gasteiger partial charge on any atom is -0.491 e. The smallest absolute Gasteiger partial charge is 0.119 e. The Hall–Kier alpha value is -1.84. The summed E-state index contributed by atoms with van der Waals surface area (Å²) in [5.74, 6) is 0.790. The summed E-state index contributed by atoms with van der Waals surface area (Å²) < 4.78 is 5.54. The Labute approximate surface area is 133 Å². The molecule has 2 atom stereocenters. The Balaban J connectivity index is 1.60. The second kappa shape index (κ2) is 9.23. The first-order valence-electron chi connectivity index (χ1n) is 7.87. The standard InChI is InChI=1S/C19H25NO2/c1-16(12-13-17-8-4-2-5-9-17)20-14-18(21)15-22-19-10-6-3-7-11-19/h2-11,16,18,20-21H,12-15H2,1H3/t16-,18-/m1/s1. The number of aliphatic hydroxyl groups excluding tert-OH is 1. The quantitative estimate of drug-likeness (QED) is 0.748. The van der Waals surface area contributed by atoms with Crippen molar-refractivity contribution >= 4 is 0 Å². The van der Waals surface area contributed by atoms with Crippen molar-refractivity contribution in [2.75, 3.05) is 13.2 Å². The summed E-state index contributed by atoms with van der Waals surface area (Å²) in [4.78, 5) is 0. The Bertz CT molecular complexity index is 466. The molecule has 0 bridgehead atoms. The molecule has 0 heterocycles. The van der Waals surface area contributed by atoms with Gasteiger partial charge in [0.05, 0.1) is 0 Å². The normalized spacial score (nSPS) is 13.5. The van der Waals surface area contributed by atoms with E-state index < -0.39 is 6.10 Å². The van der Waals surface area contributed by atoms with Crippen LogP contribution in [0.4, 0.5) is 0 Å². The first-order valence-corrected chi connectivity index (χ1v) is 7.87. The van der Waals surface area contributed by atoms with Crippen LogP contribution in [0.2, 0.25) is 0 Å². The van der Waals surface area contributed by atoms with Gasteiger partial charge in [-0.3, -0.25) is 0 Å². The monoisotopic (exact) mass is 299 g/mol. The number of ether oxygens (including phenoxy) is 1. The van der Waals surface area contributed by atoms with Gasteiger partial charge in [0, 0.05) is 12.6 Å². The van der Waals surface area contributed by atoms with Gasteiger partial charge >= 0.3 is 0 Å². The molecule has 2 aromatic carbocycles. The van der Waals surface area contributed by atoms with Crippen LogP contribution in [0.5, 0.6) is 5.75 Å². The highest BCUT2D eigenvalue weighted by Crippen LogP contribution is 2.08. The molecule has 118 valence electrons. The van der Waals surface area contributed by atoms with Gasteiger partial charge in [-0.15, -0.1) is 0 Å². The fraction of sp³-hybridized carbons (Fsp3) is 0.368. The van der Waals surface area contributed by atoms with Gasteiger partial charge in [0.1, 0.15) is 18.5 Å². The summed E-state index contributed by atoms with van der Waals surface area (Å²) in [6.45, 7) is 3.00. The van der Waals surface area contributed by atoms with Crippen molar-refractivity contribution in [3.63, 3.8) is 0 Å². The largest absolute Gasteiger partial charge is 0.491 e. The second-order valence-corrected chi connectivity index (χ2v) is 5.61. The third-order valence-corrected chi connectivity index (χ3v) is 3.60. The van der Waals surface area contributed by atoms with E-state index in [0.29, 0.717) is 19.2 Å². The molecule has 0 unspecified atom stereocenters. The summed E-state index contributed by atoms with van der Waals surface area (Å²) in [7, 11) is 0. The van der Waals surface area contributed by atoms with E-state index in [1.54, 1.807) is 0 Å². The average molecular weight is 299 g/mol. The van der Waals surface area contributed by atoms with Gasteiger partial charge in [-0.05, 0) is 37.5 Å². The zero-order valence-corrected chi connectivity index (χ0v) is 13.1. The SMILES string of the molecule is C[C@H](CCc1ccccc1)NC[C@@H](O)COc1ccccc1. The van der Waals surface area contributed by atoms with Gasteiger partial charge in [0.25, 0.3) is 0 Å². The van der Waals surface area contributed by atoms with Crippen LogP contribution < -0.4 is 10.1 Å².